The summed E-state index contributed by atoms with van der Waals surface area (Å²) in [6, 6.07) is 6.69. The summed E-state index contributed by atoms with van der Waals surface area (Å²) in [6.07, 6.45) is 2.99. The SMILES string of the molecule is CC(C)(C)c1nc2ccc(Cl)c(S(=O)(=O)Cl)c2o1.CC(C)(C)c1nc2ccc(Cl)c(S(=O)(=O)N3CCN4C(=O)CCC4C3)c2o1.O=C1CCC2CNCCN12. The van der Waals surface area contributed by atoms with Crippen LogP contribution >= 0.6 is 33.9 Å². The van der Waals surface area contributed by atoms with E-state index in [4.69, 9.17) is 42.7 Å². The van der Waals surface area contributed by atoms with Gasteiger partial charge in [0.1, 0.15) is 20.8 Å². The number of halogens is 3. The lowest BCUT2D eigenvalue weighted by atomic mass is 9.97. The third-order valence-corrected chi connectivity index (χ3v) is 14.0. The molecule has 0 bridgehead atoms. The number of hydrogen-bond donors (Lipinski definition) is 1. The molecule has 2 atom stereocenters. The summed E-state index contributed by atoms with van der Waals surface area (Å²) in [6.45, 7) is 15.4. The second kappa shape index (κ2) is 15.4. The van der Waals surface area contributed by atoms with Crippen molar-refractivity contribution in [2.75, 3.05) is 39.3 Å². The van der Waals surface area contributed by atoms with Crippen molar-refractivity contribution < 1.29 is 35.3 Å². The Hall–Kier alpha value is -2.99. The van der Waals surface area contributed by atoms with Gasteiger partial charge in [-0.15, -0.1) is 0 Å². The minimum absolute atomic E-state index is 0.0223. The number of nitrogens with zero attached hydrogens (tertiary/aromatic N) is 5. The van der Waals surface area contributed by atoms with E-state index in [1.54, 1.807) is 23.1 Å². The summed E-state index contributed by atoms with van der Waals surface area (Å²) in [5, 5.41) is 3.42. The Morgan fingerprint density at radius 2 is 1.22 bits per heavy atom. The maximum Gasteiger partial charge on any atom is 0.266 e. The molecular formula is C36H45Cl3N6O8S2. The minimum Gasteiger partial charge on any atom is -0.439 e. The number of hydrogen-bond acceptors (Lipinski definition) is 11. The second-order valence-corrected chi connectivity index (χ2v) is 21.2. The van der Waals surface area contributed by atoms with Crippen LogP contribution in [0.25, 0.3) is 22.2 Å². The minimum atomic E-state index is -3.99. The van der Waals surface area contributed by atoms with Gasteiger partial charge >= 0.3 is 0 Å². The molecule has 2 unspecified atom stereocenters. The highest BCUT2D eigenvalue weighted by Crippen LogP contribution is 2.38. The highest BCUT2D eigenvalue weighted by atomic mass is 35.7. The fraction of sp³-hybridized carbons (Fsp3) is 0.556. The fourth-order valence-electron chi connectivity index (χ4n) is 6.96. The third kappa shape index (κ3) is 8.65. The zero-order chi connectivity index (χ0) is 40.2. The zero-order valence-corrected chi connectivity index (χ0v) is 35.4. The van der Waals surface area contributed by atoms with Gasteiger partial charge in [0, 0.05) is 85.7 Å². The molecule has 2 aromatic heterocycles. The van der Waals surface area contributed by atoms with Gasteiger partial charge in [-0.2, -0.15) is 4.31 Å². The summed E-state index contributed by atoms with van der Waals surface area (Å²) in [4.78, 5) is 35.2. The Balaban J connectivity index is 0.000000157. The van der Waals surface area contributed by atoms with Crippen LogP contribution in [-0.2, 0) is 39.5 Å². The summed E-state index contributed by atoms with van der Waals surface area (Å²) >= 11 is 12.2. The molecule has 55 heavy (non-hydrogen) atoms. The van der Waals surface area contributed by atoms with E-state index in [9.17, 15) is 26.4 Å². The van der Waals surface area contributed by atoms with Gasteiger partial charge in [-0.3, -0.25) is 9.59 Å². The van der Waals surface area contributed by atoms with E-state index in [0.717, 1.165) is 32.5 Å². The van der Waals surface area contributed by atoms with Crippen LogP contribution in [0.2, 0.25) is 10.0 Å². The van der Waals surface area contributed by atoms with Gasteiger partial charge in [-0.25, -0.2) is 26.8 Å². The quantitative estimate of drug-likeness (QED) is 0.237. The number of rotatable bonds is 3. The molecule has 4 aliphatic heterocycles. The molecule has 4 aliphatic rings. The molecule has 0 radical (unpaired) electrons. The Bertz CT molecular complexity index is 2350. The number of aromatic nitrogens is 2. The largest absolute Gasteiger partial charge is 0.439 e. The lowest BCUT2D eigenvalue weighted by Gasteiger charge is -2.36. The molecule has 1 N–H and O–H groups in total. The van der Waals surface area contributed by atoms with E-state index in [1.807, 2.05) is 46.4 Å². The Labute approximate surface area is 335 Å². The standard InChI is InChI=1S/C18H22ClN3O4S.C11H11Cl2NO3S.C7H12N2O/c1-18(2,3)17-20-13-6-5-12(19)16(15(13)26-17)27(24,25)21-8-9-22-11(10-21)4-7-14(22)23;1-11(2,3)10-14-7-5-4-6(12)9(8(7)17-10)18(13,15)16;10-7-2-1-6-5-8-3-4-9(6)7/h5-6,11H,4,7-10H2,1-3H3;4-5H,1-3H3;6,8H,1-5H2. The molecule has 0 spiro atoms. The molecule has 2 aromatic carbocycles. The average Bonchev–Trinajstić information content (AvgIpc) is 3.89. The van der Waals surface area contributed by atoms with Crippen LogP contribution in [0, 0.1) is 0 Å². The van der Waals surface area contributed by atoms with Crippen molar-refractivity contribution in [2.24, 2.45) is 0 Å². The molecule has 0 saturated carbocycles. The van der Waals surface area contributed by atoms with E-state index in [1.165, 1.54) is 10.4 Å². The van der Waals surface area contributed by atoms with Gasteiger partial charge in [0.25, 0.3) is 9.05 Å². The Kier molecular flexibility index (Phi) is 11.7. The molecule has 0 aliphatic carbocycles. The third-order valence-electron chi connectivity index (χ3n) is 9.87. The predicted molar refractivity (Wildman–Crippen MR) is 210 cm³/mol. The summed E-state index contributed by atoms with van der Waals surface area (Å²) < 4.78 is 62.6. The van der Waals surface area contributed by atoms with Gasteiger partial charge in [0.2, 0.25) is 33.6 Å². The van der Waals surface area contributed by atoms with Gasteiger partial charge < -0.3 is 24.0 Å². The first kappa shape index (κ1) is 41.6. The monoisotopic (exact) mass is 858 g/mol. The fourth-order valence-corrected chi connectivity index (χ4v) is 10.7. The Morgan fingerprint density at radius 3 is 1.73 bits per heavy atom. The maximum atomic E-state index is 13.4. The van der Waals surface area contributed by atoms with E-state index >= 15 is 0 Å². The molecule has 14 nitrogen and oxygen atoms in total. The van der Waals surface area contributed by atoms with Crippen LogP contribution < -0.4 is 5.32 Å². The molecule has 4 saturated heterocycles. The first-order valence-electron chi connectivity index (χ1n) is 18.0. The van der Waals surface area contributed by atoms with Gasteiger partial charge in [0.15, 0.2) is 11.2 Å². The van der Waals surface area contributed by atoms with Crippen LogP contribution in [0.4, 0.5) is 0 Å². The smallest absolute Gasteiger partial charge is 0.266 e. The molecule has 300 valence electrons. The van der Waals surface area contributed by atoms with E-state index < -0.39 is 19.1 Å². The van der Waals surface area contributed by atoms with Gasteiger partial charge in [-0.05, 0) is 37.1 Å². The normalized spacial score (nSPS) is 21.0. The van der Waals surface area contributed by atoms with Crippen molar-refractivity contribution in [3.8, 4) is 0 Å². The number of carbonyl (C=O) groups excluding carboxylic acids is 2. The molecule has 8 rings (SSSR count). The second-order valence-electron chi connectivity index (χ2n) is 16.1. The molecule has 2 amide bonds. The topological polar surface area (TPSA) is 176 Å². The highest BCUT2D eigenvalue weighted by Gasteiger charge is 2.41. The van der Waals surface area contributed by atoms with Crippen molar-refractivity contribution in [3.05, 3.63) is 46.1 Å². The first-order valence-corrected chi connectivity index (χ1v) is 22.5. The zero-order valence-electron chi connectivity index (χ0n) is 31.5. The van der Waals surface area contributed by atoms with Crippen LogP contribution in [0.1, 0.15) is 79.0 Å². The Morgan fingerprint density at radius 1 is 0.727 bits per heavy atom. The number of carbonyl (C=O) groups is 2. The van der Waals surface area contributed by atoms with Gasteiger partial charge in [-0.1, -0.05) is 64.7 Å². The van der Waals surface area contributed by atoms with E-state index in [-0.39, 0.29) is 66.9 Å². The van der Waals surface area contributed by atoms with E-state index in [2.05, 4.69) is 15.3 Å². The van der Waals surface area contributed by atoms with Crippen LogP contribution in [0.3, 0.4) is 0 Å². The summed E-state index contributed by atoms with van der Waals surface area (Å²) in [5.74, 6) is 1.34. The summed E-state index contributed by atoms with van der Waals surface area (Å²) in [7, 11) is -2.50. The molecule has 19 heteroatoms. The number of piperazine rings is 2. The molecule has 4 aromatic rings. The van der Waals surface area contributed by atoms with Crippen molar-refractivity contribution in [3.63, 3.8) is 0 Å². The van der Waals surface area contributed by atoms with E-state index in [0.29, 0.717) is 54.2 Å². The number of fused-ring (bicyclic) bond motifs is 4. The van der Waals surface area contributed by atoms with Crippen molar-refractivity contribution in [1.29, 1.82) is 0 Å². The molecule has 6 heterocycles. The number of benzene rings is 2. The lowest BCUT2D eigenvalue weighted by molar-refractivity contribution is -0.130. The van der Waals surface area contributed by atoms with Crippen LogP contribution in [-0.4, -0.2) is 104 Å². The van der Waals surface area contributed by atoms with Crippen LogP contribution in [0.15, 0.2) is 42.9 Å². The van der Waals surface area contributed by atoms with Crippen molar-refractivity contribution in [2.45, 2.75) is 99.9 Å². The predicted octanol–water partition coefficient (Wildman–Crippen LogP) is 6.06. The van der Waals surface area contributed by atoms with Crippen molar-refractivity contribution >= 4 is 87.0 Å². The molecule has 4 fully saturated rings. The van der Waals surface area contributed by atoms with Crippen molar-refractivity contribution in [1.82, 2.24) is 29.4 Å². The number of oxazole rings is 2. The highest BCUT2D eigenvalue weighted by molar-refractivity contribution is 8.14. The maximum absolute atomic E-state index is 13.4. The average molecular weight is 860 g/mol. The lowest BCUT2D eigenvalue weighted by Crippen LogP contribution is -2.53. The number of amides is 2. The number of sulfonamides is 1. The van der Waals surface area contributed by atoms with Crippen LogP contribution in [0.5, 0.6) is 0 Å². The summed E-state index contributed by atoms with van der Waals surface area (Å²) in [5.41, 5.74) is 0.488. The van der Waals surface area contributed by atoms with Gasteiger partial charge in [0.05, 0.1) is 10.0 Å². The molecular weight excluding hydrogens is 815 g/mol. The number of nitrogens with one attached hydrogen (secondary N) is 1. The first-order chi connectivity index (χ1) is 25.6.